The van der Waals surface area contributed by atoms with Crippen LogP contribution in [0.1, 0.15) is 10.4 Å². The number of aromatic nitrogens is 1. The number of pyridine rings is 1. The average molecular weight is 401 g/mol. The fraction of sp³-hybridized carbons (Fsp3) is 0.200. The van der Waals surface area contributed by atoms with E-state index in [2.05, 4.69) is 15.6 Å². The molecule has 0 bridgehead atoms. The van der Waals surface area contributed by atoms with E-state index >= 15 is 0 Å². The molecule has 1 aromatic carbocycles. The topological polar surface area (TPSA) is 97.2 Å². The van der Waals surface area contributed by atoms with Crippen molar-refractivity contribution in [2.45, 2.75) is 4.90 Å². The van der Waals surface area contributed by atoms with Gasteiger partial charge in [0.2, 0.25) is 0 Å². The van der Waals surface area contributed by atoms with E-state index in [0.717, 1.165) is 0 Å². The summed E-state index contributed by atoms with van der Waals surface area (Å²) in [5.41, 5.74) is 0.141. The molecule has 0 aliphatic rings. The van der Waals surface area contributed by atoms with Crippen LogP contribution in [0.2, 0.25) is 10.0 Å². The van der Waals surface area contributed by atoms with Gasteiger partial charge in [0.1, 0.15) is 5.82 Å². The van der Waals surface area contributed by atoms with E-state index in [1.165, 1.54) is 24.0 Å². The number of nitrogens with one attached hydrogen (secondary N) is 2. The SMILES string of the molecule is CSc1ccc(C(=O)NCCNc2ncc(Cl)cc2Cl)cc1[N+](=O)[O-]. The normalized spacial score (nSPS) is 10.4. The van der Waals surface area contributed by atoms with Gasteiger partial charge in [0.25, 0.3) is 11.6 Å². The second-order valence-electron chi connectivity index (χ2n) is 4.81. The molecule has 0 saturated carbocycles. The number of nitro benzene ring substituents is 1. The van der Waals surface area contributed by atoms with Crippen LogP contribution in [0.5, 0.6) is 0 Å². The van der Waals surface area contributed by atoms with Crippen molar-refractivity contribution in [2.75, 3.05) is 24.7 Å². The predicted molar refractivity (Wildman–Crippen MR) is 100.0 cm³/mol. The number of rotatable bonds is 7. The third-order valence-corrected chi connectivity index (χ3v) is 4.43. The predicted octanol–water partition coefficient (Wildman–Crippen LogP) is 3.86. The first-order chi connectivity index (χ1) is 11.9. The summed E-state index contributed by atoms with van der Waals surface area (Å²) in [7, 11) is 0. The molecule has 0 saturated heterocycles. The Balaban J connectivity index is 1.92. The van der Waals surface area contributed by atoms with Gasteiger partial charge in [-0.05, 0) is 24.5 Å². The summed E-state index contributed by atoms with van der Waals surface area (Å²) in [5, 5.41) is 17.5. The van der Waals surface area contributed by atoms with Crippen molar-refractivity contribution in [2.24, 2.45) is 0 Å². The lowest BCUT2D eigenvalue weighted by Gasteiger charge is -2.09. The van der Waals surface area contributed by atoms with Crippen molar-refractivity contribution in [3.8, 4) is 0 Å². The molecule has 132 valence electrons. The van der Waals surface area contributed by atoms with Gasteiger partial charge in [0.15, 0.2) is 0 Å². The number of amides is 1. The molecule has 2 aromatic rings. The molecule has 0 unspecified atom stereocenters. The van der Waals surface area contributed by atoms with Crippen molar-refractivity contribution in [1.29, 1.82) is 0 Å². The van der Waals surface area contributed by atoms with Crippen LogP contribution in [-0.2, 0) is 0 Å². The number of benzene rings is 1. The molecule has 0 aliphatic carbocycles. The minimum atomic E-state index is -0.502. The number of thioether (sulfide) groups is 1. The summed E-state index contributed by atoms with van der Waals surface area (Å²) in [6.45, 7) is 0.669. The Morgan fingerprint density at radius 1 is 1.32 bits per heavy atom. The van der Waals surface area contributed by atoms with Crippen LogP contribution in [0, 0.1) is 10.1 Å². The molecule has 1 amide bonds. The number of carbonyl (C=O) groups excluding carboxylic acids is 1. The highest BCUT2D eigenvalue weighted by atomic mass is 35.5. The summed E-state index contributed by atoms with van der Waals surface area (Å²) >= 11 is 13.0. The maximum atomic E-state index is 12.1. The van der Waals surface area contributed by atoms with Gasteiger partial charge in [-0.25, -0.2) is 4.98 Å². The maximum absolute atomic E-state index is 12.1. The molecular weight excluding hydrogens is 387 g/mol. The van der Waals surface area contributed by atoms with Crippen LogP contribution in [0.15, 0.2) is 35.4 Å². The van der Waals surface area contributed by atoms with Crippen LogP contribution in [0.25, 0.3) is 0 Å². The number of hydrogen-bond acceptors (Lipinski definition) is 6. The molecule has 0 aliphatic heterocycles. The van der Waals surface area contributed by atoms with Gasteiger partial charge in [0, 0.05) is 30.9 Å². The Bertz CT molecular complexity index is 804. The Kier molecular flexibility index (Phi) is 6.86. The summed E-state index contributed by atoms with van der Waals surface area (Å²) < 4.78 is 0. The second-order valence-corrected chi connectivity index (χ2v) is 6.50. The van der Waals surface area contributed by atoms with E-state index in [-0.39, 0.29) is 17.8 Å². The molecule has 0 radical (unpaired) electrons. The largest absolute Gasteiger partial charge is 0.367 e. The minimum absolute atomic E-state index is 0.0876. The molecular formula is C15H14Cl2N4O3S. The maximum Gasteiger partial charge on any atom is 0.283 e. The van der Waals surface area contributed by atoms with Gasteiger partial charge < -0.3 is 10.6 Å². The van der Waals surface area contributed by atoms with Crippen LogP contribution in [0.3, 0.4) is 0 Å². The van der Waals surface area contributed by atoms with Gasteiger partial charge in [0.05, 0.1) is 19.9 Å². The third-order valence-electron chi connectivity index (χ3n) is 3.15. The van der Waals surface area contributed by atoms with Gasteiger partial charge in [-0.2, -0.15) is 0 Å². The van der Waals surface area contributed by atoms with Gasteiger partial charge in [-0.15, -0.1) is 11.8 Å². The van der Waals surface area contributed by atoms with Crippen molar-refractivity contribution in [1.82, 2.24) is 10.3 Å². The Labute approximate surface area is 158 Å². The molecule has 0 atom stereocenters. The molecule has 10 heteroatoms. The fourth-order valence-corrected chi connectivity index (χ4v) is 2.97. The third kappa shape index (κ3) is 5.22. The van der Waals surface area contributed by atoms with E-state index in [0.29, 0.717) is 27.3 Å². The molecule has 7 nitrogen and oxygen atoms in total. The number of carbonyl (C=O) groups is 1. The van der Waals surface area contributed by atoms with Crippen molar-refractivity contribution in [3.05, 3.63) is 56.2 Å². The smallest absolute Gasteiger partial charge is 0.283 e. The number of halogens is 2. The van der Waals surface area contributed by atoms with Crippen molar-refractivity contribution < 1.29 is 9.72 Å². The second kappa shape index (κ2) is 8.89. The first kappa shape index (κ1) is 19.3. The van der Waals surface area contributed by atoms with Gasteiger partial charge >= 0.3 is 0 Å². The Morgan fingerprint density at radius 3 is 2.72 bits per heavy atom. The highest BCUT2D eigenvalue weighted by Gasteiger charge is 2.16. The number of nitro groups is 1. The minimum Gasteiger partial charge on any atom is -0.367 e. The zero-order valence-electron chi connectivity index (χ0n) is 13.1. The quantitative estimate of drug-likeness (QED) is 0.317. The van der Waals surface area contributed by atoms with Crippen LogP contribution in [-0.4, -0.2) is 35.2 Å². The van der Waals surface area contributed by atoms with Gasteiger partial charge in [-0.3, -0.25) is 14.9 Å². The van der Waals surface area contributed by atoms with E-state index in [1.54, 1.807) is 24.5 Å². The lowest BCUT2D eigenvalue weighted by atomic mass is 10.2. The highest BCUT2D eigenvalue weighted by Crippen LogP contribution is 2.28. The lowest BCUT2D eigenvalue weighted by molar-refractivity contribution is -0.387. The zero-order chi connectivity index (χ0) is 18.4. The van der Waals surface area contributed by atoms with E-state index in [1.807, 2.05) is 0 Å². The first-order valence-electron chi connectivity index (χ1n) is 7.08. The summed E-state index contributed by atoms with van der Waals surface area (Å²) in [6.07, 6.45) is 3.20. The van der Waals surface area contributed by atoms with Gasteiger partial charge in [-0.1, -0.05) is 23.2 Å². The van der Waals surface area contributed by atoms with Crippen LogP contribution < -0.4 is 10.6 Å². The highest BCUT2D eigenvalue weighted by molar-refractivity contribution is 7.98. The molecule has 1 aromatic heterocycles. The molecule has 25 heavy (non-hydrogen) atoms. The lowest BCUT2D eigenvalue weighted by Crippen LogP contribution is -2.29. The van der Waals surface area contributed by atoms with E-state index < -0.39 is 10.8 Å². The van der Waals surface area contributed by atoms with Crippen molar-refractivity contribution in [3.63, 3.8) is 0 Å². The summed E-state index contributed by atoms with van der Waals surface area (Å²) in [5.74, 6) is 0.0630. The van der Waals surface area contributed by atoms with Crippen LogP contribution in [0.4, 0.5) is 11.5 Å². The first-order valence-corrected chi connectivity index (χ1v) is 9.06. The van der Waals surface area contributed by atoms with Crippen molar-refractivity contribution >= 4 is 52.4 Å². The fourth-order valence-electron chi connectivity index (χ4n) is 1.98. The number of anilines is 1. The molecule has 0 fully saturated rings. The summed E-state index contributed by atoms with van der Waals surface area (Å²) in [4.78, 5) is 27.2. The number of hydrogen-bond donors (Lipinski definition) is 2. The Hall–Kier alpha value is -2.03. The molecule has 2 N–H and O–H groups in total. The van der Waals surface area contributed by atoms with E-state index in [4.69, 9.17) is 23.2 Å². The standard InChI is InChI=1S/C15H14Cl2N4O3S/c1-25-13-3-2-9(6-12(13)21(23)24)15(22)19-5-4-18-14-11(17)7-10(16)8-20-14/h2-3,6-8H,4-5H2,1H3,(H,18,20)(H,19,22). The monoisotopic (exact) mass is 400 g/mol. The zero-order valence-corrected chi connectivity index (χ0v) is 15.4. The molecule has 1 heterocycles. The van der Waals surface area contributed by atoms with E-state index in [9.17, 15) is 14.9 Å². The number of nitrogens with zero attached hydrogens (tertiary/aromatic N) is 2. The average Bonchev–Trinajstić information content (AvgIpc) is 2.59. The molecule has 0 spiro atoms. The molecule has 2 rings (SSSR count). The Morgan fingerprint density at radius 2 is 2.08 bits per heavy atom. The summed E-state index contributed by atoms with van der Waals surface area (Å²) in [6, 6.07) is 5.95. The van der Waals surface area contributed by atoms with Crippen LogP contribution >= 0.6 is 35.0 Å².